The monoisotopic (exact) mass is 300 g/mol. The van der Waals surface area contributed by atoms with E-state index >= 15 is 0 Å². The van der Waals surface area contributed by atoms with Crippen LogP contribution in [0.2, 0.25) is 5.02 Å². The zero-order valence-electron chi connectivity index (χ0n) is 11.8. The summed E-state index contributed by atoms with van der Waals surface area (Å²) >= 11 is 5.73. The van der Waals surface area contributed by atoms with Crippen LogP contribution in [0.25, 0.3) is 0 Å². The first-order chi connectivity index (χ1) is 9.61. The average molecular weight is 301 g/mol. The third-order valence-electron chi connectivity index (χ3n) is 3.88. The van der Waals surface area contributed by atoms with Crippen molar-refractivity contribution in [1.82, 2.24) is 4.90 Å². The van der Waals surface area contributed by atoms with E-state index in [1.807, 2.05) is 13.1 Å². The largest absolute Gasteiger partial charge is 0.381 e. The Balaban J connectivity index is 2.03. The van der Waals surface area contributed by atoms with Gasteiger partial charge in [-0.3, -0.25) is 4.90 Å². The van der Waals surface area contributed by atoms with Gasteiger partial charge in [-0.05, 0) is 43.5 Å². The average Bonchev–Trinajstić information content (AvgIpc) is 2.44. The lowest BCUT2D eigenvalue weighted by Gasteiger charge is -2.32. The molecule has 0 amide bonds. The molecule has 1 fully saturated rings. The Morgan fingerprint density at radius 3 is 2.95 bits per heavy atom. The van der Waals surface area contributed by atoms with Crippen molar-refractivity contribution in [2.75, 3.05) is 33.4 Å². The standard InChI is InChI=1S/C15H22ClFN2O/c1-19(9-11-3-2-6-20-10-11)15(8-18)12-4-5-13(16)14(17)7-12/h4-5,7,11,15H,2-3,6,8-10,18H2,1H3. The van der Waals surface area contributed by atoms with Crippen LogP contribution in [0.4, 0.5) is 4.39 Å². The van der Waals surface area contributed by atoms with Gasteiger partial charge in [0.1, 0.15) is 5.82 Å². The van der Waals surface area contributed by atoms with E-state index in [0.29, 0.717) is 12.5 Å². The molecule has 1 aromatic rings. The highest BCUT2D eigenvalue weighted by Crippen LogP contribution is 2.25. The lowest BCUT2D eigenvalue weighted by molar-refractivity contribution is 0.0365. The molecule has 2 unspecified atom stereocenters. The van der Waals surface area contributed by atoms with E-state index < -0.39 is 5.82 Å². The Labute approximate surface area is 124 Å². The van der Waals surface area contributed by atoms with Gasteiger partial charge in [0.15, 0.2) is 0 Å². The highest BCUT2D eigenvalue weighted by molar-refractivity contribution is 6.30. The maximum atomic E-state index is 13.6. The number of ether oxygens (including phenoxy) is 1. The molecule has 112 valence electrons. The number of nitrogens with two attached hydrogens (primary N) is 1. The van der Waals surface area contributed by atoms with Crippen molar-refractivity contribution >= 4 is 11.6 Å². The fourth-order valence-corrected chi connectivity index (χ4v) is 2.89. The Morgan fingerprint density at radius 2 is 2.35 bits per heavy atom. The minimum Gasteiger partial charge on any atom is -0.381 e. The summed E-state index contributed by atoms with van der Waals surface area (Å²) in [7, 11) is 2.03. The van der Waals surface area contributed by atoms with Gasteiger partial charge in [-0.1, -0.05) is 17.7 Å². The molecular weight excluding hydrogens is 279 g/mol. The first-order valence-corrected chi connectivity index (χ1v) is 7.42. The normalized spacial score (nSPS) is 21.1. The number of benzene rings is 1. The van der Waals surface area contributed by atoms with Crippen LogP contribution in [0.1, 0.15) is 24.4 Å². The van der Waals surface area contributed by atoms with Crippen LogP contribution in [0, 0.1) is 11.7 Å². The molecule has 1 aliphatic heterocycles. The quantitative estimate of drug-likeness (QED) is 0.909. The summed E-state index contributed by atoms with van der Waals surface area (Å²) in [5, 5.41) is 0.146. The summed E-state index contributed by atoms with van der Waals surface area (Å²) in [4.78, 5) is 2.18. The summed E-state index contributed by atoms with van der Waals surface area (Å²) in [6.45, 7) is 3.02. The number of rotatable bonds is 5. The molecule has 1 heterocycles. The zero-order valence-corrected chi connectivity index (χ0v) is 12.6. The van der Waals surface area contributed by atoms with Crippen molar-refractivity contribution in [2.24, 2.45) is 11.7 Å². The van der Waals surface area contributed by atoms with Crippen molar-refractivity contribution in [1.29, 1.82) is 0 Å². The number of likely N-dealkylation sites (N-methyl/N-ethyl adjacent to an activating group) is 1. The van der Waals surface area contributed by atoms with E-state index in [1.165, 1.54) is 12.5 Å². The molecule has 0 bridgehead atoms. The fourth-order valence-electron chi connectivity index (χ4n) is 2.78. The first kappa shape index (κ1) is 15.7. The smallest absolute Gasteiger partial charge is 0.142 e. The second kappa shape index (κ2) is 7.36. The van der Waals surface area contributed by atoms with Crippen LogP contribution >= 0.6 is 11.6 Å². The maximum Gasteiger partial charge on any atom is 0.142 e. The van der Waals surface area contributed by atoms with Gasteiger partial charge in [0.05, 0.1) is 11.6 Å². The van der Waals surface area contributed by atoms with Gasteiger partial charge in [0.25, 0.3) is 0 Å². The molecule has 0 saturated carbocycles. The van der Waals surface area contributed by atoms with Crippen LogP contribution in [0.3, 0.4) is 0 Å². The van der Waals surface area contributed by atoms with E-state index in [4.69, 9.17) is 22.1 Å². The Bertz CT molecular complexity index is 438. The van der Waals surface area contributed by atoms with Gasteiger partial charge < -0.3 is 10.5 Å². The third kappa shape index (κ3) is 3.92. The van der Waals surface area contributed by atoms with E-state index in [-0.39, 0.29) is 11.1 Å². The SMILES string of the molecule is CN(CC1CCCOC1)C(CN)c1ccc(Cl)c(F)c1. The van der Waals surface area contributed by atoms with Crippen molar-refractivity contribution < 1.29 is 9.13 Å². The van der Waals surface area contributed by atoms with Crippen molar-refractivity contribution in [2.45, 2.75) is 18.9 Å². The maximum absolute atomic E-state index is 13.6. The van der Waals surface area contributed by atoms with Gasteiger partial charge >= 0.3 is 0 Å². The van der Waals surface area contributed by atoms with Crippen molar-refractivity contribution in [3.8, 4) is 0 Å². The number of hydrogen-bond donors (Lipinski definition) is 1. The summed E-state index contributed by atoms with van der Waals surface area (Å²) in [6.07, 6.45) is 2.29. The van der Waals surface area contributed by atoms with Gasteiger partial charge in [-0.2, -0.15) is 0 Å². The summed E-state index contributed by atoms with van der Waals surface area (Å²) in [5.74, 6) is 0.136. The first-order valence-electron chi connectivity index (χ1n) is 7.04. The molecule has 2 N–H and O–H groups in total. The van der Waals surface area contributed by atoms with Gasteiger partial charge in [0.2, 0.25) is 0 Å². The molecule has 0 spiro atoms. The lowest BCUT2D eigenvalue weighted by Crippen LogP contribution is -2.36. The summed E-state index contributed by atoms with van der Waals surface area (Å²) < 4.78 is 19.1. The molecular formula is C15H22ClFN2O. The minimum atomic E-state index is -0.392. The molecule has 0 aliphatic carbocycles. The van der Waals surface area contributed by atoms with E-state index in [9.17, 15) is 4.39 Å². The molecule has 3 nitrogen and oxygen atoms in total. The number of hydrogen-bond acceptors (Lipinski definition) is 3. The fraction of sp³-hybridized carbons (Fsp3) is 0.600. The van der Waals surface area contributed by atoms with Gasteiger partial charge in [0, 0.05) is 25.7 Å². The molecule has 1 saturated heterocycles. The number of halogens is 2. The van der Waals surface area contributed by atoms with Crippen molar-refractivity contribution in [3.63, 3.8) is 0 Å². The summed E-state index contributed by atoms with van der Waals surface area (Å²) in [6, 6.07) is 4.92. The molecule has 0 aromatic heterocycles. The second-order valence-corrected chi connectivity index (χ2v) is 5.85. The molecule has 20 heavy (non-hydrogen) atoms. The molecule has 1 aliphatic rings. The van der Waals surface area contributed by atoms with E-state index in [1.54, 1.807) is 6.07 Å². The molecule has 2 rings (SSSR count). The van der Waals surface area contributed by atoms with Crippen LogP contribution in [0.5, 0.6) is 0 Å². The van der Waals surface area contributed by atoms with E-state index in [2.05, 4.69) is 4.90 Å². The zero-order chi connectivity index (χ0) is 14.5. The third-order valence-corrected chi connectivity index (χ3v) is 4.19. The predicted molar refractivity (Wildman–Crippen MR) is 79.4 cm³/mol. The topological polar surface area (TPSA) is 38.5 Å². The molecule has 5 heteroatoms. The molecule has 0 radical (unpaired) electrons. The van der Waals surface area contributed by atoms with Crippen LogP contribution in [-0.2, 0) is 4.74 Å². The van der Waals surface area contributed by atoms with E-state index in [0.717, 1.165) is 31.7 Å². The predicted octanol–water partition coefficient (Wildman–Crippen LogP) is 2.84. The molecule has 1 aromatic carbocycles. The van der Waals surface area contributed by atoms with Crippen LogP contribution in [-0.4, -0.2) is 38.3 Å². The Kier molecular flexibility index (Phi) is 5.78. The summed E-state index contributed by atoms with van der Waals surface area (Å²) in [5.41, 5.74) is 6.74. The lowest BCUT2D eigenvalue weighted by atomic mass is 9.99. The highest BCUT2D eigenvalue weighted by atomic mass is 35.5. The minimum absolute atomic E-state index is 0.00342. The number of nitrogens with zero attached hydrogens (tertiary/aromatic N) is 1. The van der Waals surface area contributed by atoms with Gasteiger partial charge in [-0.25, -0.2) is 4.39 Å². The highest BCUT2D eigenvalue weighted by Gasteiger charge is 2.22. The molecule has 2 atom stereocenters. The Hall–Kier alpha value is -0.680. The van der Waals surface area contributed by atoms with Gasteiger partial charge in [-0.15, -0.1) is 0 Å². The van der Waals surface area contributed by atoms with Crippen LogP contribution in [0.15, 0.2) is 18.2 Å². The Morgan fingerprint density at radius 1 is 1.55 bits per heavy atom. The van der Waals surface area contributed by atoms with Crippen molar-refractivity contribution in [3.05, 3.63) is 34.6 Å². The second-order valence-electron chi connectivity index (χ2n) is 5.45. The van der Waals surface area contributed by atoms with Crippen LogP contribution < -0.4 is 5.73 Å².